The van der Waals surface area contributed by atoms with E-state index in [9.17, 15) is 14.4 Å². The first-order valence-electron chi connectivity index (χ1n) is 9.68. The molecule has 3 N–H and O–H groups in total. The molecule has 8 heteroatoms. The highest BCUT2D eigenvalue weighted by Gasteiger charge is 2.18. The van der Waals surface area contributed by atoms with Crippen LogP contribution in [-0.2, 0) is 24.7 Å². The van der Waals surface area contributed by atoms with Crippen molar-refractivity contribution in [1.29, 1.82) is 0 Å². The fraction of sp³-hybridized carbons (Fsp3) is 0.182. The highest BCUT2D eigenvalue weighted by atomic mass is 16.2. The standard InChI is InChI=1S/C22H19N5O3/c1-27-20-19(21(29)26-22(27)30)24-17(25-20)8-9-18(28)23-14-6-7-16-13(11-14)10-12-4-2-3-5-15(12)16/h2-7,11H,8-10H2,1H3,(H,23,28)(H,24,25)(H,26,29,30). The molecule has 0 unspecified atom stereocenters. The van der Waals surface area contributed by atoms with Crippen LogP contribution in [0.5, 0.6) is 0 Å². The van der Waals surface area contributed by atoms with E-state index in [1.54, 1.807) is 0 Å². The third-order valence-corrected chi connectivity index (χ3v) is 5.47. The van der Waals surface area contributed by atoms with Crippen molar-refractivity contribution in [2.24, 2.45) is 7.05 Å². The molecule has 0 fully saturated rings. The lowest BCUT2D eigenvalue weighted by Gasteiger charge is -2.07. The number of aromatic amines is 2. The third-order valence-electron chi connectivity index (χ3n) is 5.47. The van der Waals surface area contributed by atoms with Crippen LogP contribution in [0.4, 0.5) is 5.69 Å². The lowest BCUT2D eigenvalue weighted by Crippen LogP contribution is -2.28. The Morgan fingerprint density at radius 3 is 2.77 bits per heavy atom. The molecule has 4 aromatic rings. The van der Waals surface area contributed by atoms with Crippen molar-refractivity contribution in [3.63, 3.8) is 0 Å². The second-order valence-corrected chi connectivity index (χ2v) is 7.45. The van der Waals surface area contributed by atoms with Crippen LogP contribution < -0.4 is 16.6 Å². The van der Waals surface area contributed by atoms with E-state index in [4.69, 9.17) is 0 Å². The number of aryl methyl sites for hydroxylation is 2. The van der Waals surface area contributed by atoms with Crippen molar-refractivity contribution >= 4 is 22.8 Å². The molecule has 30 heavy (non-hydrogen) atoms. The van der Waals surface area contributed by atoms with Crippen molar-refractivity contribution in [2.45, 2.75) is 19.3 Å². The summed E-state index contributed by atoms with van der Waals surface area (Å²) in [6.45, 7) is 0. The van der Waals surface area contributed by atoms with Gasteiger partial charge in [0.2, 0.25) is 5.91 Å². The molecule has 8 nitrogen and oxygen atoms in total. The first-order chi connectivity index (χ1) is 14.5. The number of hydrogen-bond acceptors (Lipinski definition) is 4. The Morgan fingerprint density at radius 2 is 1.90 bits per heavy atom. The predicted octanol–water partition coefficient (Wildman–Crippen LogP) is 2.09. The van der Waals surface area contributed by atoms with Gasteiger partial charge in [0, 0.05) is 25.6 Å². The zero-order valence-corrected chi connectivity index (χ0v) is 16.3. The lowest BCUT2D eigenvalue weighted by atomic mass is 10.1. The number of carbonyl (C=O) groups excluding carboxylic acids is 1. The van der Waals surface area contributed by atoms with Crippen molar-refractivity contribution in [3.05, 3.63) is 80.3 Å². The zero-order chi connectivity index (χ0) is 20.8. The summed E-state index contributed by atoms with van der Waals surface area (Å²) in [5, 5.41) is 2.93. The van der Waals surface area contributed by atoms with E-state index in [0.717, 1.165) is 12.1 Å². The minimum absolute atomic E-state index is 0.145. The molecule has 1 aliphatic carbocycles. The zero-order valence-electron chi connectivity index (χ0n) is 16.3. The average molecular weight is 401 g/mol. The number of carbonyl (C=O) groups is 1. The Hall–Kier alpha value is -3.94. The number of hydrogen-bond donors (Lipinski definition) is 3. The Morgan fingerprint density at radius 1 is 1.10 bits per heavy atom. The topological polar surface area (TPSA) is 113 Å². The number of aromatic nitrogens is 4. The number of nitrogens with one attached hydrogen (secondary N) is 3. The predicted molar refractivity (Wildman–Crippen MR) is 114 cm³/mol. The Bertz CT molecular complexity index is 1430. The van der Waals surface area contributed by atoms with E-state index in [2.05, 4.69) is 32.4 Å². The monoisotopic (exact) mass is 401 g/mol. The normalized spacial score (nSPS) is 12.0. The summed E-state index contributed by atoms with van der Waals surface area (Å²) in [4.78, 5) is 45.4. The summed E-state index contributed by atoms with van der Waals surface area (Å²) < 4.78 is 1.26. The van der Waals surface area contributed by atoms with E-state index >= 15 is 0 Å². The molecule has 2 aromatic heterocycles. The van der Waals surface area contributed by atoms with Gasteiger partial charge in [0.05, 0.1) is 0 Å². The number of benzene rings is 2. The maximum Gasteiger partial charge on any atom is 0.329 e. The van der Waals surface area contributed by atoms with Crippen molar-refractivity contribution in [1.82, 2.24) is 19.5 Å². The van der Waals surface area contributed by atoms with Crippen LogP contribution in [0, 0.1) is 0 Å². The van der Waals surface area contributed by atoms with Crippen molar-refractivity contribution < 1.29 is 4.79 Å². The molecule has 2 heterocycles. The number of nitrogens with zero attached hydrogens (tertiary/aromatic N) is 2. The molecule has 2 aromatic carbocycles. The molecule has 5 rings (SSSR count). The quantitative estimate of drug-likeness (QED) is 0.428. The van der Waals surface area contributed by atoms with Gasteiger partial charge in [-0.3, -0.25) is 19.1 Å². The Labute approximate surface area is 170 Å². The van der Waals surface area contributed by atoms with E-state index in [0.29, 0.717) is 12.2 Å². The Kier molecular flexibility index (Phi) is 4.13. The number of amides is 1. The van der Waals surface area contributed by atoms with Crippen LogP contribution >= 0.6 is 0 Å². The van der Waals surface area contributed by atoms with Crippen LogP contribution in [0.3, 0.4) is 0 Å². The molecule has 0 spiro atoms. The van der Waals surface area contributed by atoms with Crippen LogP contribution in [0.25, 0.3) is 22.3 Å². The first kappa shape index (κ1) is 18.1. The molecule has 0 radical (unpaired) electrons. The molecular formula is C22H19N5O3. The minimum atomic E-state index is -0.526. The molecule has 0 saturated carbocycles. The van der Waals surface area contributed by atoms with Crippen LogP contribution in [0.1, 0.15) is 23.4 Å². The highest BCUT2D eigenvalue weighted by molar-refractivity contribution is 5.92. The lowest BCUT2D eigenvalue weighted by molar-refractivity contribution is -0.116. The number of anilines is 1. The summed E-state index contributed by atoms with van der Waals surface area (Å²) in [7, 11) is 1.53. The van der Waals surface area contributed by atoms with Crippen LogP contribution in [0.15, 0.2) is 52.1 Å². The number of fused-ring (bicyclic) bond motifs is 4. The summed E-state index contributed by atoms with van der Waals surface area (Å²) in [5.41, 5.74) is 5.17. The van der Waals surface area contributed by atoms with Gasteiger partial charge in [-0.15, -0.1) is 0 Å². The molecule has 150 valence electrons. The number of rotatable bonds is 4. The van der Waals surface area contributed by atoms with Gasteiger partial charge < -0.3 is 10.3 Å². The van der Waals surface area contributed by atoms with Gasteiger partial charge in [0.1, 0.15) is 11.3 Å². The van der Waals surface area contributed by atoms with E-state index in [1.165, 1.54) is 33.9 Å². The molecule has 0 aliphatic heterocycles. The molecule has 0 saturated heterocycles. The van der Waals surface area contributed by atoms with Crippen molar-refractivity contribution in [3.8, 4) is 11.1 Å². The van der Waals surface area contributed by atoms with E-state index in [-0.39, 0.29) is 23.5 Å². The number of H-pyrrole nitrogens is 2. The molecule has 0 bridgehead atoms. The Balaban J connectivity index is 1.28. The summed E-state index contributed by atoms with van der Waals surface area (Å²) >= 11 is 0. The maximum atomic E-state index is 12.4. The summed E-state index contributed by atoms with van der Waals surface area (Å²) in [6.07, 6.45) is 1.38. The van der Waals surface area contributed by atoms with Gasteiger partial charge in [-0.1, -0.05) is 30.3 Å². The maximum absolute atomic E-state index is 12.4. The average Bonchev–Trinajstić information content (AvgIpc) is 3.32. The SMILES string of the molecule is Cn1c(=O)[nH]c(=O)c2[nH]c(CCC(=O)Nc3ccc4c(c3)Cc3ccccc3-4)nc21. The number of imidazole rings is 1. The molecule has 1 aliphatic rings. The van der Waals surface area contributed by atoms with E-state index < -0.39 is 11.2 Å². The molecule has 0 atom stereocenters. The summed E-state index contributed by atoms with van der Waals surface area (Å²) in [6, 6.07) is 14.3. The van der Waals surface area contributed by atoms with Gasteiger partial charge in [0.15, 0.2) is 5.65 Å². The smallest absolute Gasteiger partial charge is 0.329 e. The fourth-order valence-corrected chi connectivity index (χ4v) is 3.95. The van der Waals surface area contributed by atoms with Crippen LogP contribution in [-0.4, -0.2) is 25.4 Å². The third kappa shape index (κ3) is 3.02. The molecule has 1 amide bonds. The van der Waals surface area contributed by atoms with Gasteiger partial charge in [-0.25, -0.2) is 9.78 Å². The highest BCUT2D eigenvalue weighted by Crippen LogP contribution is 2.37. The second kappa shape index (κ2) is 6.84. The van der Waals surface area contributed by atoms with Gasteiger partial charge in [-0.05, 0) is 40.8 Å². The summed E-state index contributed by atoms with van der Waals surface area (Å²) in [5.74, 6) is 0.338. The van der Waals surface area contributed by atoms with E-state index in [1.807, 2.05) is 30.3 Å². The largest absolute Gasteiger partial charge is 0.336 e. The van der Waals surface area contributed by atoms with Gasteiger partial charge >= 0.3 is 5.69 Å². The minimum Gasteiger partial charge on any atom is -0.336 e. The molecular weight excluding hydrogens is 382 g/mol. The van der Waals surface area contributed by atoms with Gasteiger partial charge in [-0.2, -0.15) is 0 Å². The second-order valence-electron chi connectivity index (χ2n) is 7.45. The van der Waals surface area contributed by atoms with Gasteiger partial charge in [0.25, 0.3) is 5.56 Å². The van der Waals surface area contributed by atoms with Crippen molar-refractivity contribution in [2.75, 3.05) is 5.32 Å². The first-order valence-corrected chi connectivity index (χ1v) is 9.68. The fourth-order valence-electron chi connectivity index (χ4n) is 3.95. The van der Waals surface area contributed by atoms with Crippen LogP contribution in [0.2, 0.25) is 0 Å².